The number of carbonyl (C=O) groups is 1. The van der Waals surface area contributed by atoms with Gasteiger partial charge in [0.1, 0.15) is 16.7 Å². The van der Waals surface area contributed by atoms with Crippen molar-refractivity contribution in [3.63, 3.8) is 0 Å². The second-order valence-corrected chi connectivity index (χ2v) is 13.5. The summed E-state index contributed by atoms with van der Waals surface area (Å²) < 4.78 is 81.4. The molecule has 8 nitrogen and oxygen atoms in total. The van der Waals surface area contributed by atoms with Gasteiger partial charge in [0.25, 0.3) is 0 Å². The van der Waals surface area contributed by atoms with Gasteiger partial charge in [-0.1, -0.05) is 36.7 Å². The second kappa shape index (κ2) is 12.3. The van der Waals surface area contributed by atoms with Gasteiger partial charge >= 0.3 is 6.18 Å². The molecule has 2 fully saturated rings. The number of nitrogens with one attached hydrogen (secondary N) is 1. The molecular formula is C29H35ClF3N3O5S. The Kier molecular flexibility index (Phi) is 9.11. The van der Waals surface area contributed by atoms with Crippen LogP contribution in [0.1, 0.15) is 50.2 Å². The fourth-order valence-electron chi connectivity index (χ4n) is 5.95. The van der Waals surface area contributed by atoms with E-state index in [0.717, 1.165) is 22.0 Å². The van der Waals surface area contributed by atoms with Crippen LogP contribution in [0.2, 0.25) is 5.02 Å². The number of nitrogens with zero attached hydrogens (tertiary/aromatic N) is 2. The molecule has 42 heavy (non-hydrogen) atoms. The van der Waals surface area contributed by atoms with E-state index in [2.05, 4.69) is 10.2 Å². The Bertz CT molecular complexity index is 1400. The summed E-state index contributed by atoms with van der Waals surface area (Å²) in [6.45, 7) is 4.13. The van der Waals surface area contributed by atoms with Crippen LogP contribution in [0.5, 0.6) is 5.75 Å². The van der Waals surface area contributed by atoms with Crippen molar-refractivity contribution in [3.8, 4) is 5.75 Å². The number of hydrogen-bond donors (Lipinski definition) is 1. The maximum absolute atomic E-state index is 13.9. The van der Waals surface area contributed by atoms with Gasteiger partial charge in [-0.05, 0) is 49.1 Å². The molecule has 2 aromatic carbocycles. The molecule has 1 N–H and O–H groups in total. The third-order valence-corrected chi connectivity index (χ3v) is 10.6. The maximum atomic E-state index is 13.9. The zero-order valence-electron chi connectivity index (χ0n) is 23.3. The average Bonchev–Trinajstić information content (AvgIpc) is 3.39. The molecule has 2 aromatic rings. The molecule has 3 heterocycles. The minimum Gasteiger partial charge on any atom is -0.492 e. The quantitative estimate of drug-likeness (QED) is 0.509. The number of likely N-dealkylation sites (tertiary alicyclic amines) is 1. The van der Waals surface area contributed by atoms with Crippen molar-refractivity contribution in [1.29, 1.82) is 0 Å². The van der Waals surface area contributed by atoms with E-state index in [-0.39, 0.29) is 25.3 Å². The number of hydrogen-bond acceptors (Lipinski definition) is 6. The summed E-state index contributed by atoms with van der Waals surface area (Å²) in [5, 5.41) is 3.84. The first-order chi connectivity index (χ1) is 19.9. The maximum Gasteiger partial charge on any atom is 0.416 e. The highest BCUT2D eigenvalue weighted by atomic mass is 35.5. The van der Waals surface area contributed by atoms with Crippen LogP contribution in [0.4, 0.5) is 13.2 Å². The summed E-state index contributed by atoms with van der Waals surface area (Å²) >= 11 is 6.36. The molecule has 3 aliphatic rings. The molecular weight excluding hydrogens is 595 g/mol. The second-order valence-electron chi connectivity index (χ2n) is 11.2. The third kappa shape index (κ3) is 6.57. The highest BCUT2D eigenvalue weighted by Crippen LogP contribution is 2.39. The predicted molar refractivity (Wildman–Crippen MR) is 151 cm³/mol. The van der Waals surface area contributed by atoms with Crippen LogP contribution in [-0.4, -0.2) is 74.1 Å². The van der Waals surface area contributed by atoms with Gasteiger partial charge < -0.3 is 14.8 Å². The fourth-order valence-corrected chi connectivity index (χ4v) is 7.94. The smallest absolute Gasteiger partial charge is 0.416 e. The molecule has 0 unspecified atom stereocenters. The summed E-state index contributed by atoms with van der Waals surface area (Å²) in [5.41, 5.74) is -0.781. The van der Waals surface area contributed by atoms with E-state index in [0.29, 0.717) is 63.0 Å². The molecule has 3 aliphatic heterocycles. The Morgan fingerprint density at radius 2 is 1.88 bits per heavy atom. The van der Waals surface area contributed by atoms with E-state index in [1.807, 2.05) is 31.2 Å². The van der Waals surface area contributed by atoms with E-state index >= 15 is 0 Å². The van der Waals surface area contributed by atoms with Crippen LogP contribution < -0.4 is 10.1 Å². The normalized spacial score (nSPS) is 24.7. The number of carbonyl (C=O) groups excluding carboxylic acids is 1. The van der Waals surface area contributed by atoms with Gasteiger partial charge in [-0.15, -0.1) is 0 Å². The number of piperidine rings is 1. The Labute approximate surface area is 249 Å². The molecule has 0 aliphatic carbocycles. The van der Waals surface area contributed by atoms with Gasteiger partial charge in [0.05, 0.1) is 18.3 Å². The highest BCUT2D eigenvalue weighted by Gasteiger charge is 2.48. The Balaban J connectivity index is 1.45. The first-order valence-electron chi connectivity index (χ1n) is 14.2. The van der Waals surface area contributed by atoms with Gasteiger partial charge in [0.2, 0.25) is 15.9 Å². The van der Waals surface area contributed by atoms with E-state index in [1.54, 1.807) is 0 Å². The lowest BCUT2D eigenvalue weighted by atomic mass is 9.84. The van der Waals surface area contributed by atoms with Crippen molar-refractivity contribution in [3.05, 3.63) is 58.6 Å². The van der Waals surface area contributed by atoms with Gasteiger partial charge in [0, 0.05) is 56.2 Å². The van der Waals surface area contributed by atoms with Crippen molar-refractivity contribution < 1.29 is 35.9 Å². The number of sulfonamides is 1. The Morgan fingerprint density at radius 3 is 2.57 bits per heavy atom. The van der Waals surface area contributed by atoms with Crippen LogP contribution >= 0.6 is 11.6 Å². The van der Waals surface area contributed by atoms with Gasteiger partial charge in [-0.2, -0.15) is 17.5 Å². The van der Waals surface area contributed by atoms with Crippen LogP contribution in [-0.2, 0) is 32.3 Å². The van der Waals surface area contributed by atoms with Gasteiger partial charge in [0.15, 0.2) is 0 Å². The molecule has 1 spiro atoms. The zero-order chi connectivity index (χ0) is 30.1. The van der Waals surface area contributed by atoms with Crippen LogP contribution in [0.15, 0.2) is 47.4 Å². The largest absolute Gasteiger partial charge is 0.492 e. The van der Waals surface area contributed by atoms with Crippen molar-refractivity contribution in [2.75, 3.05) is 32.8 Å². The van der Waals surface area contributed by atoms with Crippen molar-refractivity contribution in [2.45, 2.75) is 74.3 Å². The molecule has 13 heteroatoms. The van der Waals surface area contributed by atoms with Crippen LogP contribution in [0.25, 0.3) is 0 Å². The standard InChI is InChI=1S/C29H35ClF3N3O5S/c1-2-14-40-22-17-24-27(37)34-28(9-12-35(13-10-28)18-20-5-3-4-6-23(20)30)11-15-41-25-8-7-21(29(31,32)33)16-26(25)42(38,39)36(24)19-22/h3-8,16,22,24H,2,9-15,17-19H2,1H3,(H,34,37)/t22-,24+/m1/s1. The van der Waals surface area contributed by atoms with Crippen LogP contribution in [0, 0.1) is 0 Å². The summed E-state index contributed by atoms with van der Waals surface area (Å²) in [6.07, 6.45) is -2.99. The third-order valence-electron chi connectivity index (χ3n) is 8.33. The SMILES string of the molecule is CCCO[C@@H]1C[C@H]2C(=O)NC3(CCOc4ccc(C(F)(F)F)cc4S(=O)(=O)N2C1)CCN(Cc1ccccc1Cl)CC3. The topological polar surface area (TPSA) is 88.2 Å². The molecule has 2 atom stereocenters. The summed E-state index contributed by atoms with van der Waals surface area (Å²) in [7, 11) is -4.55. The first kappa shape index (κ1) is 31.1. The monoisotopic (exact) mass is 629 g/mol. The molecule has 0 radical (unpaired) electrons. The summed E-state index contributed by atoms with van der Waals surface area (Å²) in [5.74, 6) is -0.642. The highest BCUT2D eigenvalue weighted by molar-refractivity contribution is 7.89. The Morgan fingerprint density at radius 1 is 1.14 bits per heavy atom. The number of rotatable bonds is 5. The lowest BCUT2D eigenvalue weighted by Crippen LogP contribution is -2.59. The van der Waals surface area contributed by atoms with Gasteiger partial charge in [-0.25, -0.2) is 8.42 Å². The summed E-state index contributed by atoms with van der Waals surface area (Å²) in [4.78, 5) is 15.5. The molecule has 5 rings (SSSR count). The lowest BCUT2D eigenvalue weighted by molar-refractivity contribution is -0.137. The molecule has 2 saturated heterocycles. The molecule has 0 bridgehead atoms. The summed E-state index contributed by atoms with van der Waals surface area (Å²) in [6, 6.07) is 8.97. The average molecular weight is 630 g/mol. The number of fused-ring (bicyclic) bond motifs is 2. The van der Waals surface area contributed by atoms with E-state index in [1.165, 1.54) is 0 Å². The minimum atomic E-state index is -4.76. The number of benzene rings is 2. The first-order valence-corrected chi connectivity index (χ1v) is 16.0. The number of amides is 1. The Hall–Kier alpha value is -2.38. The molecule has 1 amide bonds. The molecule has 0 aromatic heterocycles. The van der Waals surface area contributed by atoms with E-state index in [9.17, 15) is 26.4 Å². The zero-order valence-corrected chi connectivity index (χ0v) is 24.9. The van der Waals surface area contributed by atoms with Crippen LogP contribution in [0.3, 0.4) is 0 Å². The van der Waals surface area contributed by atoms with Crippen molar-refractivity contribution in [2.24, 2.45) is 0 Å². The number of alkyl halides is 3. The van der Waals surface area contributed by atoms with E-state index < -0.39 is 50.3 Å². The molecule has 0 saturated carbocycles. The van der Waals surface area contributed by atoms with Gasteiger partial charge in [-0.3, -0.25) is 9.69 Å². The lowest BCUT2D eigenvalue weighted by Gasteiger charge is -2.43. The molecule has 230 valence electrons. The van der Waals surface area contributed by atoms with Crippen molar-refractivity contribution in [1.82, 2.24) is 14.5 Å². The fraction of sp³-hybridized carbons (Fsp3) is 0.552. The number of halogens is 4. The van der Waals surface area contributed by atoms with E-state index in [4.69, 9.17) is 21.1 Å². The predicted octanol–water partition coefficient (Wildman–Crippen LogP) is 4.85. The number of ether oxygens (including phenoxy) is 2. The minimum absolute atomic E-state index is 0.0194. The van der Waals surface area contributed by atoms with Crippen molar-refractivity contribution >= 4 is 27.5 Å².